The third kappa shape index (κ3) is 3.69. The number of carboxylic acids is 2. The van der Waals surface area contributed by atoms with Crippen molar-refractivity contribution in [3.8, 4) is 0 Å². The Morgan fingerprint density at radius 3 is 1.73 bits per heavy atom. The van der Waals surface area contributed by atoms with Crippen LogP contribution in [-0.4, -0.2) is 57.1 Å². The SMILES string of the molecule is CC[N+](CC)(C(=O)OCc1ccccc1)C(C(=O)O)(C(=O)O)C(=O)c1ccccc1. The fraction of sp³-hybridized carbons (Fsp3) is 0.273. The lowest BCUT2D eigenvalue weighted by Gasteiger charge is -2.42. The molecule has 8 heteroatoms. The molecule has 2 N–H and O–H groups in total. The lowest BCUT2D eigenvalue weighted by Crippen LogP contribution is -2.77. The molecule has 1 amide bonds. The minimum Gasteiger partial charge on any atom is -0.476 e. The Bertz CT molecular complexity index is 907. The number of hydrogen-bond donors (Lipinski definition) is 2. The monoisotopic (exact) mass is 414 g/mol. The summed E-state index contributed by atoms with van der Waals surface area (Å²) >= 11 is 0. The summed E-state index contributed by atoms with van der Waals surface area (Å²) in [5.41, 5.74) is -2.58. The highest BCUT2D eigenvalue weighted by Crippen LogP contribution is 2.32. The van der Waals surface area contributed by atoms with Gasteiger partial charge in [-0.1, -0.05) is 60.7 Å². The van der Waals surface area contributed by atoms with Gasteiger partial charge in [0.2, 0.25) is 5.78 Å². The van der Waals surface area contributed by atoms with E-state index in [0.29, 0.717) is 5.56 Å². The van der Waals surface area contributed by atoms with E-state index in [9.17, 15) is 29.4 Å². The van der Waals surface area contributed by atoms with Crippen molar-refractivity contribution in [3.63, 3.8) is 0 Å². The van der Waals surface area contributed by atoms with Gasteiger partial charge in [-0.15, -0.1) is 0 Å². The first-order chi connectivity index (χ1) is 14.3. The molecule has 0 heterocycles. The second-order valence-electron chi connectivity index (χ2n) is 6.66. The first kappa shape index (κ1) is 22.8. The van der Waals surface area contributed by atoms with Crippen molar-refractivity contribution in [1.29, 1.82) is 0 Å². The number of carboxylic acid groups (broad SMARTS) is 2. The second kappa shape index (κ2) is 9.32. The molecule has 158 valence electrons. The van der Waals surface area contributed by atoms with Crippen molar-refractivity contribution in [2.45, 2.75) is 26.0 Å². The molecule has 2 rings (SSSR count). The number of quaternary nitrogens is 1. The van der Waals surface area contributed by atoms with E-state index in [-0.39, 0.29) is 25.3 Å². The van der Waals surface area contributed by atoms with Gasteiger partial charge < -0.3 is 14.9 Å². The predicted octanol–water partition coefficient (Wildman–Crippen LogP) is 2.97. The molecule has 2 aromatic carbocycles. The van der Waals surface area contributed by atoms with Crippen molar-refractivity contribution >= 4 is 23.8 Å². The van der Waals surface area contributed by atoms with Crippen molar-refractivity contribution in [3.05, 3.63) is 71.8 Å². The molecule has 0 aromatic heterocycles. The normalized spacial score (nSPS) is 11.5. The minimum atomic E-state index is -3.10. The Kier molecular flexibility index (Phi) is 7.07. The number of ether oxygens (including phenoxy) is 1. The molecule has 2 aromatic rings. The maximum Gasteiger partial charge on any atom is 0.518 e. The zero-order valence-corrected chi connectivity index (χ0v) is 16.8. The van der Waals surface area contributed by atoms with Crippen LogP contribution in [0.1, 0.15) is 29.8 Å². The molecule has 0 saturated heterocycles. The number of carbonyl (C=O) groups is 4. The van der Waals surface area contributed by atoms with E-state index in [0.717, 1.165) is 0 Å². The standard InChI is InChI=1S/C22H23NO7/c1-3-23(4-2,21(29)30-15-16-11-7-5-8-12-16)22(19(25)26,20(27)28)18(24)17-13-9-6-10-14-17/h5-14H,3-4,15H2,1-2H3,(H-,25,26,27,28)/p+1. The molecule has 30 heavy (non-hydrogen) atoms. The van der Waals surface area contributed by atoms with E-state index < -0.39 is 33.8 Å². The number of Topliss-reactive ketones (excluding diaryl/α,β-unsaturated/α-hetero) is 1. The van der Waals surface area contributed by atoms with Gasteiger partial charge in [-0.3, -0.25) is 4.79 Å². The van der Waals surface area contributed by atoms with Crippen LogP contribution in [-0.2, 0) is 20.9 Å². The van der Waals surface area contributed by atoms with Crippen LogP contribution in [0.5, 0.6) is 0 Å². The summed E-state index contributed by atoms with van der Waals surface area (Å²) in [4.78, 5) is 51.3. The molecular weight excluding hydrogens is 390 g/mol. The summed E-state index contributed by atoms with van der Waals surface area (Å²) in [6.07, 6.45) is -1.10. The first-order valence-corrected chi connectivity index (χ1v) is 9.43. The number of nitrogens with zero attached hydrogens (tertiary/aromatic N) is 1. The molecule has 0 aliphatic carbocycles. The number of likely N-dealkylation sites (N-methyl/N-ethyl adjacent to an activating group) is 1. The van der Waals surface area contributed by atoms with Crippen LogP contribution < -0.4 is 0 Å². The molecule has 0 atom stereocenters. The number of rotatable bonds is 9. The lowest BCUT2D eigenvalue weighted by atomic mass is 9.84. The summed E-state index contributed by atoms with van der Waals surface area (Å²) in [6, 6.07) is 15.9. The van der Waals surface area contributed by atoms with E-state index in [4.69, 9.17) is 4.74 Å². The van der Waals surface area contributed by atoms with Gasteiger partial charge in [-0.05, 0) is 19.4 Å². The Balaban J connectivity index is 2.60. The Hall–Kier alpha value is -3.52. The van der Waals surface area contributed by atoms with Gasteiger partial charge in [0.25, 0.3) is 0 Å². The quantitative estimate of drug-likeness (QED) is 0.368. The van der Waals surface area contributed by atoms with Crippen molar-refractivity contribution < 1.29 is 38.6 Å². The molecule has 0 aliphatic rings. The minimum absolute atomic E-state index is 0.123. The fourth-order valence-corrected chi connectivity index (χ4v) is 3.58. The molecule has 0 bridgehead atoms. The number of hydrogen-bond acceptors (Lipinski definition) is 5. The number of aliphatic carboxylic acids is 2. The van der Waals surface area contributed by atoms with Gasteiger partial charge in [0.15, 0.2) is 0 Å². The van der Waals surface area contributed by atoms with Crippen LogP contribution in [0.15, 0.2) is 60.7 Å². The molecule has 0 saturated carbocycles. The third-order valence-electron chi connectivity index (χ3n) is 5.26. The lowest BCUT2D eigenvalue weighted by molar-refractivity contribution is -0.877. The van der Waals surface area contributed by atoms with E-state index in [1.54, 1.807) is 36.4 Å². The van der Waals surface area contributed by atoms with Crippen LogP contribution in [0.4, 0.5) is 4.79 Å². The fourth-order valence-electron chi connectivity index (χ4n) is 3.58. The van der Waals surface area contributed by atoms with Gasteiger partial charge in [-0.2, -0.15) is 9.28 Å². The highest BCUT2D eigenvalue weighted by Gasteiger charge is 2.72. The summed E-state index contributed by atoms with van der Waals surface area (Å²) in [5, 5.41) is 20.1. The van der Waals surface area contributed by atoms with Crippen LogP contribution in [0, 0.1) is 0 Å². The zero-order valence-electron chi connectivity index (χ0n) is 16.8. The largest absolute Gasteiger partial charge is 0.518 e. The zero-order chi connectivity index (χ0) is 22.4. The summed E-state index contributed by atoms with van der Waals surface area (Å²) in [6.45, 7) is 2.16. The van der Waals surface area contributed by atoms with Gasteiger partial charge in [0, 0.05) is 5.56 Å². The average Bonchev–Trinajstić information content (AvgIpc) is 2.76. The number of amides is 1. The molecule has 0 spiro atoms. The van der Waals surface area contributed by atoms with Crippen LogP contribution >= 0.6 is 0 Å². The van der Waals surface area contributed by atoms with E-state index in [1.165, 1.54) is 38.1 Å². The van der Waals surface area contributed by atoms with Crippen LogP contribution in [0.3, 0.4) is 0 Å². The topological polar surface area (TPSA) is 118 Å². The van der Waals surface area contributed by atoms with Crippen LogP contribution in [0.2, 0.25) is 0 Å². The number of benzene rings is 2. The predicted molar refractivity (Wildman–Crippen MR) is 107 cm³/mol. The molecule has 8 nitrogen and oxygen atoms in total. The van der Waals surface area contributed by atoms with Crippen molar-refractivity contribution in [2.75, 3.05) is 13.1 Å². The Morgan fingerprint density at radius 1 is 0.833 bits per heavy atom. The highest BCUT2D eigenvalue weighted by atomic mass is 16.6. The maximum absolute atomic E-state index is 13.3. The third-order valence-corrected chi connectivity index (χ3v) is 5.26. The summed E-state index contributed by atoms with van der Waals surface area (Å²) in [5.74, 6) is -5.04. The smallest absolute Gasteiger partial charge is 0.476 e. The summed E-state index contributed by atoms with van der Waals surface area (Å²) in [7, 11) is 0. The van der Waals surface area contributed by atoms with E-state index in [1.807, 2.05) is 0 Å². The number of carbonyl (C=O) groups excluding carboxylic acids is 2. The second-order valence-corrected chi connectivity index (χ2v) is 6.66. The average molecular weight is 414 g/mol. The van der Waals surface area contributed by atoms with Crippen LogP contribution in [0.25, 0.3) is 0 Å². The Labute approximate surface area is 173 Å². The van der Waals surface area contributed by atoms with Gasteiger partial charge in [-0.25, -0.2) is 9.59 Å². The number of ketones is 1. The van der Waals surface area contributed by atoms with E-state index in [2.05, 4.69) is 0 Å². The highest BCUT2D eigenvalue weighted by molar-refractivity contribution is 6.28. The van der Waals surface area contributed by atoms with Gasteiger partial charge in [0.05, 0.1) is 13.1 Å². The molecular formula is C22H24NO7+. The van der Waals surface area contributed by atoms with Gasteiger partial charge in [0.1, 0.15) is 6.61 Å². The molecule has 0 fully saturated rings. The summed E-state index contributed by atoms with van der Waals surface area (Å²) < 4.78 is 4.10. The molecule has 0 unspecified atom stereocenters. The maximum atomic E-state index is 13.3. The molecule has 0 aliphatic heterocycles. The molecule has 0 radical (unpaired) electrons. The first-order valence-electron chi connectivity index (χ1n) is 9.43. The van der Waals surface area contributed by atoms with Crippen molar-refractivity contribution in [1.82, 2.24) is 0 Å². The van der Waals surface area contributed by atoms with Crippen molar-refractivity contribution in [2.24, 2.45) is 0 Å². The van der Waals surface area contributed by atoms with Gasteiger partial charge >= 0.3 is 23.6 Å². The van der Waals surface area contributed by atoms with E-state index >= 15 is 0 Å². The Morgan fingerprint density at radius 2 is 1.30 bits per heavy atom.